The Hall–Kier alpha value is -1.81. The van der Waals surface area contributed by atoms with Crippen LogP contribution in [0.2, 0.25) is 0 Å². The van der Waals surface area contributed by atoms with Crippen molar-refractivity contribution in [3.8, 4) is 0 Å². The fourth-order valence-electron chi connectivity index (χ4n) is 1.65. The standard InChI is InChI=1S/C12H15N3O/c1-8-6-10-11(15-12(13)14-10)7-9(8)4-3-5-16-2/h3-4,6-7H,5H2,1-2H3,(H3,13,14,15)/b4-3+. The van der Waals surface area contributed by atoms with E-state index in [4.69, 9.17) is 10.5 Å². The first-order valence-electron chi connectivity index (χ1n) is 5.12. The lowest BCUT2D eigenvalue weighted by Gasteiger charge is -2.00. The molecule has 0 atom stereocenters. The summed E-state index contributed by atoms with van der Waals surface area (Å²) in [5.74, 6) is 0.451. The minimum Gasteiger partial charge on any atom is -0.381 e. The van der Waals surface area contributed by atoms with E-state index in [1.807, 2.05) is 24.3 Å². The highest BCUT2D eigenvalue weighted by Gasteiger charge is 2.02. The van der Waals surface area contributed by atoms with Crippen LogP contribution in [0.1, 0.15) is 11.1 Å². The number of methoxy groups -OCH3 is 1. The van der Waals surface area contributed by atoms with Gasteiger partial charge in [0.15, 0.2) is 5.95 Å². The highest BCUT2D eigenvalue weighted by atomic mass is 16.5. The van der Waals surface area contributed by atoms with Crippen molar-refractivity contribution < 1.29 is 4.74 Å². The van der Waals surface area contributed by atoms with E-state index in [0.717, 1.165) is 16.6 Å². The largest absolute Gasteiger partial charge is 0.381 e. The number of nitrogens with one attached hydrogen (secondary N) is 1. The number of rotatable bonds is 3. The first-order chi connectivity index (χ1) is 7.70. The van der Waals surface area contributed by atoms with E-state index in [0.29, 0.717) is 12.6 Å². The number of hydrogen-bond donors (Lipinski definition) is 2. The van der Waals surface area contributed by atoms with Gasteiger partial charge in [0.25, 0.3) is 0 Å². The summed E-state index contributed by atoms with van der Waals surface area (Å²) in [5, 5.41) is 0. The Morgan fingerprint density at radius 1 is 1.50 bits per heavy atom. The first kappa shape index (κ1) is 10.7. The summed E-state index contributed by atoms with van der Waals surface area (Å²) >= 11 is 0. The SMILES string of the molecule is COC/C=C/c1cc2nc(N)[nH]c2cc1C. The van der Waals surface area contributed by atoms with Crippen molar-refractivity contribution >= 4 is 23.1 Å². The summed E-state index contributed by atoms with van der Waals surface area (Å²) in [6.45, 7) is 2.67. The Morgan fingerprint density at radius 2 is 2.31 bits per heavy atom. The summed E-state index contributed by atoms with van der Waals surface area (Å²) in [4.78, 5) is 7.21. The summed E-state index contributed by atoms with van der Waals surface area (Å²) in [6, 6.07) is 4.06. The summed E-state index contributed by atoms with van der Waals surface area (Å²) in [5.41, 5.74) is 9.79. The number of nitrogen functional groups attached to an aromatic ring is 1. The number of imidazole rings is 1. The minimum atomic E-state index is 0.451. The lowest BCUT2D eigenvalue weighted by molar-refractivity contribution is 0.234. The monoisotopic (exact) mass is 217 g/mol. The maximum absolute atomic E-state index is 5.61. The molecule has 0 saturated heterocycles. The molecule has 4 nitrogen and oxygen atoms in total. The first-order valence-corrected chi connectivity index (χ1v) is 5.12. The minimum absolute atomic E-state index is 0.451. The van der Waals surface area contributed by atoms with Gasteiger partial charge in [-0.2, -0.15) is 0 Å². The van der Waals surface area contributed by atoms with Crippen LogP contribution in [0.3, 0.4) is 0 Å². The molecule has 0 saturated carbocycles. The highest BCUT2D eigenvalue weighted by Crippen LogP contribution is 2.19. The zero-order chi connectivity index (χ0) is 11.5. The van der Waals surface area contributed by atoms with Crippen molar-refractivity contribution in [2.75, 3.05) is 19.5 Å². The molecule has 2 aromatic rings. The number of fused-ring (bicyclic) bond motifs is 1. The second-order valence-corrected chi connectivity index (χ2v) is 3.71. The molecule has 1 aromatic heterocycles. The average molecular weight is 217 g/mol. The zero-order valence-corrected chi connectivity index (χ0v) is 9.45. The molecule has 84 valence electrons. The van der Waals surface area contributed by atoms with Crippen LogP contribution >= 0.6 is 0 Å². The Labute approximate surface area is 94.1 Å². The molecule has 4 heteroatoms. The third-order valence-corrected chi connectivity index (χ3v) is 2.45. The molecule has 0 unspecified atom stereocenters. The second-order valence-electron chi connectivity index (χ2n) is 3.71. The number of nitrogens with zero attached hydrogens (tertiary/aromatic N) is 1. The molecule has 0 aliphatic rings. The van der Waals surface area contributed by atoms with Crippen molar-refractivity contribution in [2.45, 2.75) is 6.92 Å². The van der Waals surface area contributed by atoms with E-state index < -0.39 is 0 Å². The van der Waals surface area contributed by atoms with Gasteiger partial charge < -0.3 is 15.5 Å². The van der Waals surface area contributed by atoms with Crippen LogP contribution in [0.15, 0.2) is 18.2 Å². The second kappa shape index (κ2) is 4.37. The van der Waals surface area contributed by atoms with Crippen molar-refractivity contribution in [3.05, 3.63) is 29.3 Å². The molecule has 0 radical (unpaired) electrons. The predicted molar refractivity (Wildman–Crippen MR) is 66.2 cm³/mol. The van der Waals surface area contributed by atoms with Crippen molar-refractivity contribution in [1.29, 1.82) is 0 Å². The third kappa shape index (κ3) is 2.06. The number of aromatic amines is 1. The molecule has 2 rings (SSSR count). The van der Waals surface area contributed by atoms with E-state index in [1.54, 1.807) is 7.11 Å². The van der Waals surface area contributed by atoms with Gasteiger partial charge in [0.1, 0.15) is 0 Å². The fourth-order valence-corrected chi connectivity index (χ4v) is 1.65. The molecule has 0 bridgehead atoms. The molecular weight excluding hydrogens is 202 g/mol. The van der Waals surface area contributed by atoms with Gasteiger partial charge in [-0.25, -0.2) is 4.98 Å². The Morgan fingerprint density at radius 3 is 3.06 bits per heavy atom. The van der Waals surface area contributed by atoms with Crippen LogP contribution in [0.4, 0.5) is 5.95 Å². The van der Waals surface area contributed by atoms with Crippen LogP contribution in [0, 0.1) is 6.92 Å². The summed E-state index contributed by atoms with van der Waals surface area (Å²) in [7, 11) is 1.68. The van der Waals surface area contributed by atoms with Crippen molar-refractivity contribution in [1.82, 2.24) is 9.97 Å². The zero-order valence-electron chi connectivity index (χ0n) is 9.45. The molecule has 1 heterocycles. The molecule has 1 aromatic carbocycles. The van der Waals surface area contributed by atoms with E-state index in [1.165, 1.54) is 5.56 Å². The van der Waals surface area contributed by atoms with Crippen LogP contribution < -0.4 is 5.73 Å². The van der Waals surface area contributed by atoms with Gasteiger partial charge in [-0.15, -0.1) is 0 Å². The Kier molecular flexibility index (Phi) is 2.92. The molecule has 16 heavy (non-hydrogen) atoms. The topological polar surface area (TPSA) is 63.9 Å². The predicted octanol–water partition coefficient (Wildman–Crippen LogP) is 2.11. The molecule has 0 spiro atoms. The lowest BCUT2D eigenvalue weighted by atomic mass is 10.1. The highest BCUT2D eigenvalue weighted by molar-refractivity contribution is 5.81. The number of hydrogen-bond acceptors (Lipinski definition) is 3. The van der Waals surface area contributed by atoms with Crippen molar-refractivity contribution in [3.63, 3.8) is 0 Å². The third-order valence-electron chi connectivity index (χ3n) is 2.45. The normalized spacial score (nSPS) is 11.6. The van der Waals surface area contributed by atoms with Gasteiger partial charge >= 0.3 is 0 Å². The number of H-pyrrole nitrogens is 1. The molecule has 0 aliphatic heterocycles. The van der Waals surface area contributed by atoms with Crippen LogP contribution in [0.25, 0.3) is 17.1 Å². The van der Waals surface area contributed by atoms with Crippen molar-refractivity contribution in [2.24, 2.45) is 0 Å². The van der Waals surface area contributed by atoms with E-state index in [9.17, 15) is 0 Å². The van der Waals surface area contributed by atoms with Gasteiger partial charge in [-0.1, -0.05) is 12.2 Å². The Balaban J connectivity index is 2.41. The number of aromatic nitrogens is 2. The molecule has 0 amide bonds. The Bertz CT molecular complexity index is 528. The lowest BCUT2D eigenvalue weighted by Crippen LogP contribution is -1.84. The van der Waals surface area contributed by atoms with Crippen LogP contribution in [-0.2, 0) is 4.74 Å². The number of anilines is 1. The van der Waals surface area contributed by atoms with Gasteiger partial charge in [0, 0.05) is 7.11 Å². The van der Waals surface area contributed by atoms with Gasteiger partial charge in [0.05, 0.1) is 17.6 Å². The quantitative estimate of drug-likeness (QED) is 0.827. The fraction of sp³-hybridized carbons (Fsp3) is 0.250. The maximum atomic E-state index is 5.61. The summed E-state index contributed by atoms with van der Waals surface area (Å²) in [6.07, 6.45) is 4.01. The molecular formula is C12H15N3O. The van der Waals surface area contributed by atoms with E-state index in [2.05, 4.69) is 16.9 Å². The van der Waals surface area contributed by atoms with Crippen LogP contribution in [-0.4, -0.2) is 23.7 Å². The number of nitrogens with two attached hydrogens (primary N) is 1. The van der Waals surface area contributed by atoms with Crippen LogP contribution in [0.5, 0.6) is 0 Å². The summed E-state index contributed by atoms with van der Waals surface area (Å²) < 4.78 is 4.97. The molecule has 3 N–H and O–H groups in total. The van der Waals surface area contributed by atoms with E-state index >= 15 is 0 Å². The van der Waals surface area contributed by atoms with Gasteiger partial charge in [-0.3, -0.25) is 0 Å². The van der Waals surface area contributed by atoms with Gasteiger partial charge in [-0.05, 0) is 30.2 Å². The smallest absolute Gasteiger partial charge is 0.198 e. The number of benzene rings is 1. The molecule has 0 fully saturated rings. The number of aryl methyl sites for hydroxylation is 1. The average Bonchev–Trinajstić information content (AvgIpc) is 2.58. The van der Waals surface area contributed by atoms with E-state index in [-0.39, 0.29) is 0 Å². The van der Waals surface area contributed by atoms with Gasteiger partial charge in [0.2, 0.25) is 0 Å². The maximum Gasteiger partial charge on any atom is 0.198 e. The number of ether oxygens (including phenoxy) is 1. The molecule has 0 aliphatic carbocycles.